The molecule has 0 fully saturated rings. The van der Waals surface area contributed by atoms with E-state index in [-0.39, 0.29) is 5.69 Å². The molecule has 2 rings (SSSR count). The molecule has 0 spiro atoms. The number of aromatic nitrogens is 4. The first-order valence-corrected chi connectivity index (χ1v) is 3.87. The number of pyridine rings is 1. The molecule has 0 saturated heterocycles. The molecule has 2 heterocycles. The van der Waals surface area contributed by atoms with Gasteiger partial charge >= 0.3 is 5.97 Å². The molecule has 14 heavy (non-hydrogen) atoms. The molecular weight excluding hydrogens is 184 g/mol. The van der Waals surface area contributed by atoms with Crippen molar-refractivity contribution in [3.05, 3.63) is 23.8 Å². The van der Waals surface area contributed by atoms with Gasteiger partial charge in [0.25, 0.3) is 0 Å². The van der Waals surface area contributed by atoms with Gasteiger partial charge in [-0.3, -0.25) is 0 Å². The number of nitrogens with zero attached hydrogens (tertiary/aromatic N) is 4. The van der Waals surface area contributed by atoms with Crippen LogP contribution in [0.5, 0.6) is 0 Å². The van der Waals surface area contributed by atoms with Crippen LogP contribution in [0.3, 0.4) is 0 Å². The van der Waals surface area contributed by atoms with Gasteiger partial charge in [-0.1, -0.05) is 0 Å². The average Bonchev–Trinajstić information content (AvgIpc) is 2.16. The predicted molar refractivity (Wildman–Crippen MR) is 46.8 cm³/mol. The fourth-order valence-corrected chi connectivity index (χ4v) is 1.04. The Bertz CT molecular complexity index is 512. The number of carbonyl (C=O) groups is 1. The van der Waals surface area contributed by atoms with Gasteiger partial charge in [0.1, 0.15) is 16.9 Å². The molecule has 0 amide bonds. The summed E-state index contributed by atoms with van der Waals surface area (Å²) < 4.78 is 0. The Balaban J connectivity index is 2.67. The van der Waals surface area contributed by atoms with E-state index in [1.54, 1.807) is 6.92 Å². The van der Waals surface area contributed by atoms with Gasteiger partial charge in [-0.25, -0.2) is 14.8 Å². The lowest BCUT2D eigenvalue weighted by molar-refractivity contribution is 0.0690. The van der Waals surface area contributed by atoms with Gasteiger partial charge in [0.15, 0.2) is 5.69 Å². The van der Waals surface area contributed by atoms with E-state index < -0.39 is 5.97 Å². The highest BCUT2D eigenvalue weighted by atomic mass is 16.4. The fraction of sp³-hybridized carbons (Fsp3) is 0.125. The molecule has 0 aromatic carbocycles. The summed E-state index contributed by atoms with van der Waals surface area (Å²) in [6, 6.07) is 1.34. The van der Waals surface area contributed by atoms with Gasteiger partial charge in [-0.15, -0.1) is 10.2 Å². The second-order valence-corrected chi connectivity index (χ2v) is 2.72. The molecule has 0 unspecified atom stereocenters. The number of aromatic carboxylic acids is 1. The zero-order valence-corrected chi connectivity index (χ0v) is 7.30. The molecule has 6 heteroatoms. The SMILES string of the molecule is Cc1nnc2cc(C(=O)O)ncc2n1. The fourth-order valence-electron chi connectivity index (χ4n) is 1.04. The van der Waals surface area contributed by atoms with Crippen LogP contribution in [0.2, 0.25) is 0 Å². The summed E-state index contributed by atoms with van der Waals surface area (Å²) in [5.74, 6) is -0.559. The number of hydrogen-bond donors (Lipinski definition) is 1. The third-order valence-electron chi connectivity index (χ3n) is 1.67. The van der Waals surface area contributed by atoms with Crippen LogP contribution >= 0.6 is 0 Å². The quantitative estimate of drug-likeness (QED) is 0.701. The van der Waals surface area contributed by atoms with Crippen LogP contribution in [0.25, 0.3) is 11.0 Å². The molecule has 70 valence electrons. The van der Waals surface area contributed by atoms with Gasteiger partial charge in [-0.2, -0.15) is 0 Å². The molecule has 0 radical (unpaired) electrons. The Morgan fingerprint density at radius 3 is 2.86 bits per heavy atom. The minimum Gasteiger partial charge on any atom is -0.477 e. The summed E-state index contributed by atoms with van der Waals surface area (Å²) in [4.78, 5) is 18.3. The second-order valence-electron chi connectivity index (χ2n) is 2.72. The molecule has 0 saturated carbocycles. The standard InChI is InChI=1S/C8H6N4O2/c1-4-10-7-3-9-6(8(13)14)2-5(7)12-11-4/h2-3H,1H3,(H,13,14). The third-order valence-corrected chi connectivity index (χ3v) is 1.67. The second kappa shape index (κ2) is 2.99. The third kappa shape index (κ3) is 1.37. The highest BCUT2D eigenvalue weighted by Gasteiger charge is 2.06. The summed E-state index contributed by atoms with van der Waals surface area (Å²) in [6.07, 6.45) is 1.38. The van der Waals surface area contributed by atoms with Crippen LogP contribution in [0.1, 0.15) is 16.3 Å². The summed E-state index contributed by atoms with van der Waals surface area (Å²) >= 11 is 0. The topological polar surface area (TPSA) is 88.9 Å². The molecule has 0 aliphatic heterocycles. The summed E-state index contributed by atoms with van der Waals surface area (Å²) in [7, 11) is 0. The van der Waals surface area contributed by atoms with E-state index in [9.17, 15) is 4.79 Å². The number of fused-ring (bicyclic) bond motifs is 1. The maximum absolute atomic E-state index is 10.6. The molecule has 0 bridgehead atoms. The van der Waals surface area contributed by atoms with E-state index in [2.05, 4.69) is 20.2 Å². The summed E-state index contributed by atoms with van der Waals surface area (Å²) in [5.41, 5.74) is 0.919. The van der Waals surface area contributed by atoms with E-state index in [0.717, 1.165) is 0 Å². The van der Waals surface area contributed by atoms with Crippen molar-refractivity contribution < 1.29 is 9.90 Å². The Labute approximate surface area is 78.6 Å². The van der Waals surface area contributed by atoms with E-state index in [1.165, 1.54) is 12.3 Å². The molecular formula is C8H6N4O2. The van der Waals surface area contributed by atoms with Crippen LogP contribution in [0, 0.1) is 6.92 Å². The maximum atomic E-state index is 10.6. The molecule has 0 aliphatic rings. The first kappa shape index (κ1) is 8.49. The number of carboxylic acids is 1. The number of hydrogen-bond acceptors (Lipinski definition) is 5. The Hall–Kier alpha value is -2.11. The van der Waals surface area contributed by atoms with Gasteiger partial charge in [-0.05, 0) is 6.92 Å². The zero-order chi connectivity index (χ0) is 10.1. The zero-order valence-electron chi connectivity index (χ0n) is 7.30. The molecule has 6 nitrogen and oxygen atoms in total. The summed E-state index contributed by atoms with van der Waals surface area (Å²) in [6.45, 7) is 1.71. The predicted octanol–water partition coefficient (Wildman–Crippen LogP) is 0.426. The van der Waals surface area contributed by atoms with Crippen molar-refractivity contribution in [2.45, 2.75) is 6.92 Å². The van der Waals surface area contributed by atoms with Crippen molar-refractivity contribution in [1.29, 1.82) is 0 Å². The smallest absolute Gasteiger partial charge is 0.354 e. The van der Waals surface area contributed by atoms with Gasteiger partial charge in [0.2, 0.25) is 0 Å². The van der Waals surface area contributed by atoms with E-state index >= 15 is 0 Å². The van der Waals surface area contributed by atoms with Crippen molar-refractivity contribution in [2.24, 2.45) is 0 Å². The van der Waals surface area contributed by atoms with Crippen molar-refractivity contribution in [1.82, 2.24) is 20.2 Å². The van der Waals surface area contributed by atoms with Crippen molar-refractivity contribution >= 4 is 17.0 Å². The number of carboxylic acid groups (broad SMARTS) is 1. The van der Waals surface area contributed by atoms with E-state index in [4.69, 9.17) is 5.11 Å². The molecule has 2 aromatic heterocycles. The first-order chi connectivity index (χ1) is 6.66. The molecule has 2 aromatic rings. The van der Waals surface area contributed by atoms with Crippen LogP contribution in [-0.2, 0) is 0 Å². The highest BCUT2D eigenvalue weighted by Crippen LogP contribution is 2.07. The molecule has 0 aliphatic carbocycles. The lowest BCUT2D eigenvalue weighted by atomic mass is 10.3. The van der Waals surface area contributed by atoms with Crippen LogP contribution in [0.4, 0.5) is 0 Å². The first-order valence-electron chi connectivity index (χ1n) is 3.87. The van der Waals surface area contributed by atoms with Crippen molar-refractivity contribution in [3.63, 3.8) is 0 Å². The highest BCUT2D eigenvalue weighted by molar-refractivity contribution is 5.89. The van der Waals surface area contributed by atoms with Crippen LogP contribution in [-0.4, -0.2) is 31.2 Å². The minimum atomic E-state index is -1.09. The number of rotatable bonds is 1. The minimum absolute atomic E-state index is 0.0579. The van der Waals surface area contributed by atoms with E-state index in [0.29, 0.717) is 16.9 Å². The Morgan fingerprint density at radius 2 is 2.14 bits per heavy atom. The Kier molecular flexibility index (Phi) is 1.81. The largest absolute Gasteiger partial charge is 0.477 e. The molecule has 0 atom stereocenters. The number of aryl methyl sites for hydroxylation is 1. The van der Waals surface area contributed by atoms with Gasteiger partial charge in [0.05, 0.1) is 6.20 Å². The van der Waals surface area contributed by atoms with Gasteiger partial charge < -0.3 is 5.11 Å². The molecule has 1 N–H and O–H groups in total. The maximum Gasteiger partial charge on any atom is 0.354 e. The van der Waals surface area contributed by atoms with Crippen LogP contribution < -0.4 is 0 Å². The normalized spacial score (nSPS) is 10.4. The lowest BCUT2D eigenvalue weighted by Crippen LogP contribution is -2.01. The summed E-state index contributed by atoms with van der Waals surface area (Å²) in [5, 5.41) is 16.2. The van der Waals surface area contributed by atoms with Crippen LogP contribution in [0.15, 0.2) is 12.3 Å². The van der Waals surface area contributed by atoms with Crippen molar-refractivity contribution in [3.8, 4) is 0 Å². The van der Waals surface area contributed by atoms with Crippen molar-refractivity contribution in [2.75, 3.05) is 0 Å². The average molecular weight is 190 g/mol. The van der Waals surface area contributed by atoms with Gasteiger partial charge in [0, 0.05) is 6.07 Å². The lowest BCUT2D eigenvalue weighted by Gasteiger charge is -1.97. The monoisotopic (exact) mass is 190 g/mol. The Morgan fingerprint density at radius 1 is 1.36 bits per heavy atom. The van der Waals surface area contributed by atoms with E-state index in [1.807, 2.05) is 0 Å².